The fourth-order valence-corrected chi connectivity index (χ4v) is 2.86. The molecule has 0 aliphatic carbocycles. The second-order valence-electron chi connectivity index (χ2n) is 4.57. The molecule has 0 aliphatic heterocycles. The van der Waals surface area contributed by atoms with E-state index in [0.717, 1.165) is 34.3 Å². The molecule has 0 spiro atoms. The summed E-state index contributed by atoms with van der Waals surface area (Å²) in [5.41, 5.74) is 1.97. The third kappa shape index (κ3) is 2.63. The summed E-state index contributed by atoms with van der Waals surface area (Å²) in [6, 6.07) is 7.66. The highest BCUT2D eigenvalue weighted by molar-refractivity contribution is 7.19. The van der Waals surface area contributed by atoms with Gasteiger partial charge in [0.05, 0.1) is 0 Å². The van der Waals surface area contributed by atoms with Crippen molar-refractivity contribution in [1.82, 2.24) is 19.8 Å². The lowest BCUT2D eigenvalue weighted by molar-refractivity contribution is -0.146. The van der Waals surface area contributed by atoms with Crippen LogP contribution in [-0.4, -0.2) is 19.8 Å². The van der Waals surface area contributed by atoms with Crippen LogP contribution < -0.4 is 0 Å². The molecule has 0 saturated carbocycles. The molecule has 3 aromatic rings. The van der Waals surface area contributed by atoms with Crippen LogP contribution >= 0.6 is 11.3 Å². The molecule has 0 bridgehead atoms. The molecule has 0 saturated heterocycles. The number of aryl methyl sites for hydroxylation is 1. The first-order chi connectivity index (χ1) is 9.99. The predicted molar refractivity (Wildman–Crippen MR) is 73.1 cm³/mol. The van der Waals surface area contributed by atoms with Crippen molar-refractivity contribution in [3.05, 3.63) is 35.7 Å². The van der Waals surface area contributed by atoms with Gasteiger partial charge in [0.2, 0.25) is 4.96 Å². The maximum absolute atomic E-state index is 12.7. The Kier molecular flexibility index (Phi) is 3.40. The Balaban J connectivity index is 1.99. The molecule has 0 amide bonds. The minimum absolute atomic E-state index is 0.134. The predicted octanol–water partition coefficient (Wildman–Crippen LogP) is 3.82. The highest BCUT2D eigenvalue weighted by atomic mass is 32.1. The molecular weight excluding hydrogens is 301 g/mol. The van der Waals surface area contributed by atoms with Gasteiger partial charge in [-0.25, -0.2) is 0 Å². The molecule has 2 heterocycles. The number of halogens is 3. The first-order valence-electron chi connectivity index (χ1n) is 6.38. The van der Waals surface area contributed by atoms with Crippen molar-refractivity contribution in [2.45, 2.75) is 25.9 Å². The zero-order valence-electron chi connectivity index (χ0n) is 11.1. The standard InChI is InChI=1S/C13H11F3N4S/c1-2-3-8-4-6-9(7-5-8)10-19-20-11(13(14,15)16)17-18-12(20)21-10/h4-7H,2-3H2,1H3. The molecule has 8 heteroatoms. The van der Waals surface area contributed by atoms with E-state index in [9.17, 15) is 13.2 Å². The summed E-state index contributed by atoms with van der Waals surface area (Å²) in [7, 11) is 0. The normalized spacial score (nSPS) is 12.2. The van der Waals surface area contributed by atoms with Gasteiger partial charge in [-0.05, 0) is 12.0 Å². The Hall–Kier alpha value is -1.96. The molecular formula is C13H11F3N4S. The summed E-state index contributed by atoms with van der Waals surface area (Å²) in [6.45, 7) is 2.09. The van der Waals surface area contributed by atoms with Crippen LogP contribution in [0.2, 0.25) is 0 Å². The Bertz CT molecular complexity index is 758. The minimum atomic E-state index is -4.56. The lowest BCUT2D eigenvalue weighted by Gasteiger charge is -2.01. The summed E-state index contributed by atoms with van der Waals surface area (Å²) in [5, 5.41) is 11.1. The second kappa shape index (κ2) is 5.10. The maximum Gasteiger partial charge on any atom is 0.453 e. The van der Waals surface area contributed by atoms with E-state index >= 15 is 0 Å². The number of benzene rings is 1. The zero-order valence-corrected chi connectivity index (χ0v) is 11.9. The van der Waals surface area contributed by atoms with Crippen molar-refractivity contribution < 1.29 is 13.2 Å². The van der Waals surface area contributed by atoms with Crippen LogP contribution in [0.1, 0.15) is 24.7 Å². The van der Waals surface area contributed by atoms with Crippen molar-refractivity contribution in [3.63, 3.8) is 0 Å². The van der Waals surface area contributed by atoms with Crippen molar-refractivity contribution >= 4 is 16.3 Å². The van der Waals surface area contributed by atoms with Gasteiger partial charge in [-0.3, -0.25) is 0 Å². The number of fused-ring (bicyclic) bond motifs is 1. The van der Waals surface area contributed by atoms with Crippen molar-refractivity contribution in [2.24, 2.45) is 0 Å². The fraction of sp³-hybridized carbons (Fsp3) is 0.308. The van der Waals surface area contributed by atoms with Crippen LogP contribution in [0, 0.1) is 0 Å². The fourth-order valence-electron chi connectivity index (χ4n) is 2.01. The number of nitrogens with zero attached hydrogens (tertiary/aromatic N) is 4. The second-order valence-corrected chi connectivity index (χ2v) is 5.53. The molecule has 0 radical (unpaired) electrons. The monoisotopic (exact) mass is 312 g/mol. The Morgan fingerprint density at radius 3 is 2.48 bits per heavy atom. The third-order valence-corrected chi connectivity index (χ3v) is 3.93. The molecule has 3 rings (SSSR count). The Morgan fingerprint density at radius 1 is 1.14 bits per heavy atom. The first-order valence-corrected chi connectivity index (χ1v) is 7.19. The summed E-state index contributed by atoms with van der Waals surface area (Å²) in [4.78, 5) is 0.134. The summed E-state index contributed by atoms with van der Waals surface area (Å²) in [6.07, 6.45) is -2.54. The van der Waals surface area contributed by atoms with E-state index < -0.39 is 12.0 Å². The van der Waals surface area contributed by atoms with Gasteiger partial charge < -0.3 is 0 Å². The third-order valence-electron chi connectivity index (χ3n) is 2.98. The number of hydrogen-bond acceptors (Lipinski definition) is 4. The van der Waals surface area contributed by atoms with Gasteiger partial charge in [-0.2, -0.15) is 22.8 Å². The van der Waals surface area contributed by atoms with Gasteiger partial charge in [-0.1, -0.05) is 48.9 Å². The van der Waals surface area contributed by atoms with Gasteiger partial charge >= 0.3 is 6.18 Å². The summed E-state index contributed by atoms with van der Waals surface area (Å²) >= 11 is 1.08. The first kappa shape index (κ1) is 14.0. The van der Waals surface area contributed by atoms with Crippen LogP contribution in [0.15, 0.2) is 24.3 Å². The SMILES string of the molecule is CCCc1ccc(-c2nn3c(C(F)(F)F)nnc3s2)cc1. The van der Waals surface area contributed by atoms with E-state index in [-0.39, 0.29) is 4.96 Å². The molecule has 1 aromatic carbocycles. The number of hydrogen-bond donors (Lipinski definition) is 0. The lowest BCUT2D eigenvalue weighted by Crippen LogP contribution is -2.11. The van der Waals surface area contributed by atoms with E-state index in [1.807, 2.05) is 24.3 Å². The van der Waals surface area contributed by atoms with Crippen LogP contribution in [-0.2, 0) is 12.6 Å². The number of rotatable bonds is 3. The smallest absolute Gasteiger partial charge is 0.178 e. The minimum Gasteiger partial charge on any atom is -0.178 e. The molecule has 2 aromatic heterocycles. The van der Waals surface area contributed by atoms with E-state index in [1.165, 1.54) is 5.56 Å². The van der Waals surface area contributed by atoms with Crippen molar-refractivity contribution in [2.75, 3.05) is 0 Å². The van der Waals surface area contributed by atoms with E-state index in [2.05, 4.69) is 22.2 Å². The number of aromatic nitrogens is 4. The molecule has 0 atom stereocenters. The van der Waals surface area contributed by atoms with Crippen LogP contribution in [0.25, 0.3) is 15.5 Å². The van der Waals surface area contributed by atoms with Crippen molar-refractivity contribution in [3.8, 4) is 10.6 Å². The molecule has 4 nitrogen and oxygen atoms in total. The average molecular weight is 312 g/mol. The molecule has 0 unspecified atom stereocenters. The zero-order chi connectivity index (χ0) is 15.0. The highest BCUT2D eigenvalue weighted by Gasteiger charge is 2.38. The van der Waals surface area contributed by atoms with Gasteiger partial charge in [-0.15, -0.1) is 10.2 Å². The Labute approximate surface area is 122 Å². The van der Waals surface area contributed by atoms with Gasteiger partial charge in [0.25, 0.3) is 5.82 Å². The average Bonchev–Trinajstić information content (AvgIpc) is 2.98. The summed E-state index contributed by atoms with van der Waals surface area (Å²) in [5.74, 6) is -1.09. The number of alkyl halides is 3. The van der Waals surface area contributed by atoms with E-state index in [4.69, 9.17) is 0 Å². The Morgan fingerprint density at radius 2 is 1.86 bits per heavy atom. The van der Waals surface area contributed by atoms with Crippen LogP contribution in [0.3, 0.4) is 0 Å². The summed E-state index contributed by atoms with van der Waals surface area (Å²) < 4.78 is 39.0. The van der Waals surface area contributed by atoms with Crippen molar-refractivity contribution in [1.29, 1.82) is 0 Å². The van der Waals surface area contributed by atoms with Gasteiger partial charge in [0, 0.05) is 5.56 Å². The van der Waals surface area contributed by atoms with Crippen LogP contribution in [0.5, 0.6) is 0 Å². The van der Waals surface area contributed by atoms with E-state index in [0.29, 0.717) is 5.01 Å². The van der Waals surface area contributed by atoms with Gasteiger partial charge in [0.15, 0.2) is 0 Å². The molecule has 0 aliphatic rings. The highest BCUT2D eigenvalue weighted by Crippen LogP contribution is 2.31. The maximum atomic E-state index is 12.7. The molecule has 110 valence electrons. The lowest BCUT2D eigenvalue weighted by atomic mass is 10.1. The van der Waals surface area contributed by atoms with E-state index in [1.54, 1.807) is 0 Å². The van der Waals surface area contributed by atoms with Gasteiger partial charge in [0.1, 0.15) is 5.01 Å². The quantitative estimate of drug-likeness (QED) is 0.738. The molecule has 0 fully saturated rings. The molecule has 0 N–H and O–H groups in total. The largest absolute Gasteiger partial charge is 0.453 e. The van der Waals surface area contributed by atoms with Crippen LogP contribution in [0.4, 0.5) is 13.2 Å². The topological polar surface area (TPSA) is 43.1 Å². The molecule has 21 heavy (non-hydrogen) atoms.